The lowest BCUT2D eigenvalue weighted by Crippen LogP contribution is -2.43. The molecule has 0 aliphatic heterocycles. The van der Waals surface area contributed by atoms with Crippen LogP contribution in [0.5, 0.6) is 0 Å². The number of amides is 2. The lowest BCUT2D eigenvalue weighted by Gasteiger charge is -2.25. The summed E-state index contributed by atoms with van der Waals surface area (Å²) in [6.45, 7) is 4.00. The smallest absolute Gasteiger partial charge is 0.314 e. The molecule has 0 spiro atoms. The Morgan fingerprint density at radius 1 is 1.36 bits per heavy atom. The molecule has 0 atom stereocenters. The first kappa shape index (κ1) is 10.3. The Morgan fingerprint density at radius 3 is 2.18 bits per heavy atom. The van der Waals surface area contributed by atoms with E-state index >= 15 is 0 Å². The van der Waals surface area contributed by atoms with E-state index in [1.165, 1.54) is 6.42 Å². The van der Waals surface area contributed by atoms with Crippen molar-refractivity contribution in [3.05, 3.63) is 0 Å². The Balaban J connectivity index is 0.000000461. The third-order valence-electron chi connectivity index (χ3n) is 1.67. The quantitative estimate of drug-likeness (QED) is 0.596. The standard InChI is InChI=1S/C6H12N2O.C2H6/c1-7-6(9)8-5-3-2-4-5;1-2/h5H,2-4H2,1H3,(H2,7,8,9);1-2H3. The molecule has 1 rings (SSSR count). The van der Waals surface area contributed by atoms with Crippen LogP contribution < -0.4 is 10.6 Å². The lowest BCUT2D eigenvalue weighted by molar-refractivity contribution is 0.230. The molecular formula is C8H18N2O. The van der Waals surface area contributed by atoms with E-state index in [0.717, 1.165) is 12.8 Å². The van der Waals surface area contributed by atoms with Gasteiger partial charge >= 0.3 is 6.03 Å². The number of urea groups is 1. The van der Waals surface area contributed by atoms with Crippen molar-refractivity contribution < 1.29 is 4.79 Å². The molecule has 0 aromatic rings. The van der Waals surface area contributed by atoms with Gasteiger partial charge in [-0.05, 0) is 19.3 Å². The Morgan fingerprint density at radius 2 is 1.91 bits per heavy atom. The van der Waals surface area contributed by atoms with Crippen molar-refractivity contribution in [1.29, 1.82) is 0 Å². The molecule has 0 bridgehead atoms. The molecule has 0 unspecified atom stereocenters. The van der Waals surface area contributed by atoms with E-state index in [2.05, 4.69) is 10.6 Å². The molecule has 0 radical (unpaired) electrons. The Bertz CT molecular complexity index is 111. The normalized spacial score (nSPS) is 15.5. The fourth-order valence-electron chi connectivity index (χ4n) is 0.810. The van der Waals surface area contributed by atoms with E-state index in [1.807, 2.05) is 13.8 Å². The third-order valence-corrected chi connectivity index (χ3v) is 1.67. The largest absolute Gasteiger partial charge is 0.341 e. The van der Waals surface area contributed by atoms with Crippen LogP contribution in [0.2, 0.25) is 0 Å². The fourth-order valence-corrected chi connectivity index (χ4v) is 0.810. The minimum atomic E-state index is -0.0558. The molecular weight excluding hydrogens is 140 g/mol. The maximum Gasteiger partial charge on any atom is 0.314 e. The zero-order chi connectivity index (χ0) is 8.69. The highest BCUT2D eigenvalue weighted by atomic mass is 16.2. The second-order valence-electron chi connectivity index (χ2n) is 2.35. The summed E-state index contributed by atoms with van der Waals surface area (Å²) in [4.78, 5) is 10.6. The number of hydrogen-bond donors (Lipinski definition) is 2. The van der Waals surface area contributed by atoms with Gasteiger partial charge in [-0.2, -0.15) is 0 Å². The van der Waals surface area contributed by atoms with Crippen molar-refractivity contribution in [1.82, 2.24) is 10.6 Å². The predicted octanol–water partition coefficient (Wildman–Crippen LogP) is 1.49. The van der Waals surface area contributed by atoms with E-state index in [9.17, 15) is 4.79 Å². The molecule has 0 heterocycles. The number of hydrogen-bond acceptors (Lipinski definition) is 1. The Hall–Kier alpha value is -0.730. The second-order valence-corrected chi connectivity index (χ2v) is 2.35. The van der Waals surface area contributed by atoms with Crippen molar-refractivity contribution in [2.75, 3.05) is 7.05 Å². The molecule has 1 aliphatic carbocycles. The maximum absolute atomic E-state index is 10.6. The van der Waals surface area contributed by atoms with Gasteiger partial charge in [0.25, 0.3) is 0 Å². The van der Waals surface area contributed by atoms with E-state index in [0.29, 0.717) is 6.04 Å². The van der Waals surface area contributed by atoms with Crippen LogP contribution >= 0.6 is 0 Å². The zero-order valence-corrected chi connectivity index (χ0v) is 7.61. The maximum atomic E-state index is 10.6. The molecule has 0 aromatic carbocycles. The van der Waals surface area contributed by atoms with Gasteiger partial charge in [-0.3, -0.25) is 0 Å². The zero-order valence-electron chi connectivity index (χ0n) is 7.61. The van der Waals surface area contributed by atoms with Gasteiger partial charge in [0.1, 0.15) is 0 Å². The molecule has 0 saturated heterocycles. The van der Waals surface area contributed by atoms with E-state index in [1.54, 1.807) is 7.05 Å². The van der Waals surface area contributed by atoms with Gasteiger partial charge in [0.05, 0.1) is 0 Å². The summed E-state index contributed by atoms with van der Waals surface area (Å²) in [6.07, 6.45) is 3.55. The highest BCUT2D eigenvalue weighted by Gasteiger charge is 2.18. The summed E-state index contributed by atoms with van der Waals surface area (Å²) in [5.41, 5.74) is 0. The predicted molar refractivity (Wildman–Crippen MR) is 46.6 cm³/mol. The molecule has 3 heteroatoms. The minimum absolute atomic E-state index is 0.0558. The molecule has 0 aromatic heterocycles. The van der Waals surface area contributed by atoms with Gasteiger partial charge in [0.2, 0.25) is 0 Å². The van der Waals surface area contributed by atoms with E-state index in [-0.39, 0.29) is 6.03 Å². The highest BCUT2D eigenvalue weighted by molar-refractivity contribution is 5.73. The van der Waals surface area contributed by atoms with Gasteiger partial charge in [-0.25, -0.2) is 4.79 Å². The molecule has 1 aliphatic rings. The van der Waals surface area contributed by atoms with Crippen molar-refractivity contribution in [3.8, 4) is 0 Å². The summed E-state index contributed by atoms with van der Waals surface area (Å²) in [5.74, 6) is 0. The van der Waals surface area contributed by atoms with Crippen LogP contribution in [0.1, 0.15) is 33.1 Å². The minimum Gasteiger partial charge on any atom is -0.341 e. The monoisotopic (exact) mass is 158 g/mol. The van der Waals surface area contributed by atoms with Crippen LogP contribution in [0.4, 0.5) is 4.79 Å². The number of carbonyl (C=O) groups is 1. The Labute approximate surface area is 68.6 Å². The van der Waals surface area contributed by atoms with Crippen LogP contribution in [0.25, 0.3) is 0 Å². The van der Waals surface area contributed by atoms with E-state index < -0.39 is 0 Å². The molecule has 2 amide bonds. The van der Waals surface area contributed by atoms with E-state index in [4.69, 9.17) is 0 Å². The van der Waals surface area contributed by atoms with Crippen molar-refractivity contribution in [2.24, 2.45) is 0 Å². The SMILES string of the molecule is CC.CNC(=O)NC1CCC1. The molecule has 1 saturated carbocycles. The van der Waals surface area contributed by atoms with Crippen LogP contribution in [0.15, 0.2) is 0 Å². The summed E-state index contributed by atoms with van der Waals surface area (Å²) in [7, 11) is 1.63. The summed E-state index contributed by atoms with van der Waals surface area (Å²) in [6, 6.07) is 0.393. The molecule has 11 heavy (non-hydrogen) atoms. The average molecular weight is 158 g/mol. The fraction of sp³-hybridized carbons (Fsp3) is 0.875. The van der Waals surface area contributed by atoms with Gasteiger partial charge in [-0.1, -0.05) is 13.8 Å². The lowest BCUT2D eigenvalue weighted by atomic mass is 9.93. The van der Waals surface area contributed by atoms with Crippen molar-refractivity contribution in [3.63, 3.8) is 0 Å². The summed E-state index contributed by atoms with van der Waals surface area (Å²) >= 11 is 0. The third kappa shape index (κ3) is 3.86. The summed E-state index contributed by atoms with van der Waals surface area (Å²) < 4.78 is 0. The van der Waals surface area contributed by atoms with Crippen LogP contribution in [-0.2, 0) is 0 Å². The number of carbonyl (C=O) groups excluding carboxylic acids is 1. The molecule has 66 valence electrons. The van der Waals surface area contributed by atoms with Crippen molar-refractivity contribution >= 4 is 6.03 Å². The first-order valence-corrected chi connectivity index (χ1v) is 4.31. The Kier molecular flexibility index (Phi) is 5.61. The first-order valence-electron chi connectivity index (χ1n) is 4.31. The van der Waals surface area contributed by atoms with Crippen molar-refractivity contribution in [2.45, 2.75) is 39.2 Å². The molecule has 1 fully saturated rings. The summed E-state index contributed by atoms with van der Waals surface area (Å²) in [5, 5.41) is 5.33. The number of rotatable bonds is 1. The van der Waals surface area contributed by atoms with Gasteiger partial charge in [0, 0.05) is 13.1 Å². The second kappa shape index (κ2) is 6.01. The van der Waals surface area contributed by atoms with Gasteiger partial charge in [0.15, 0.2) is 0 Å². The molecule has 3 nitrogen and oxygen atoms in total. The molecule has 2 N–H and O–H groups in total. The van der Waals surface area contributed by atoms with Crippen LogP contribution in [0.3, 0.4) is 0 Å². The van der Waals surface area contributed by atoms with Gasteiger partial charge in [-0.15, -0.1) is 0 Å². The van der Waals surface area contributed by atoms with Crippen LogP contribution in [-0.4, -0.2) is 19.1 Å². The number of nitrogens with one attached hydrogen (secondary N) is 2. The topological polar surface area (TPSA) is 41.1 Å². The van der Waals surface area contributed by atoms with Crippen LogP contribution in [0, 0.1) is 0 Å². The van der Waals surface area contributed by atoms with Gasteiger partial charge < -0.3 is 10.6 Å². The highest BCUT2D eigenvalue weighted by Crippen LogP contribution is 2.17. The first-order chi connectivity index (χ1) is 5.33. The average Bonchev–Trinajstić information content (AvgIpc) is 2.00.